The summed E-state index contributed by atoms with van der Waals surface area (Å²) in [6.07, 6.45) is 2.45. The molecule has 1 aliphatic heterocycles. The lowest BCUT2D eigenvalue weighted by atomic mass is 10.1. The second-order valence-electron chi connectivity index (χ2n) is 9.97. The zero-order valence-electron chi connectivity index (χ0n) is 20.6. The van der Waals surface area contributed by atoms with Gasteiger partial charge in [-0.15, -0.1) is 5.10 Å². The molecule has 2 aromatic heterocycles. The van der Waals surface area contributed by atoms with Crippen LogP contribution in [0.15, 0.2) is 59.6 Å². The Labute approximate surface area is 226 Å². The number of benzene rings is 2. The van der Waals surface area contributed by atoms with E-state index in [9.17, 15) is 26.0 Å². The van der Waals surface area contributed by atoms with E-state index in [-0.39, 0.29) is 21.8 Å². The maximum absolute atomic E-state index is 14.5. The average Bonchev–Trinajstić information content (AvgIpc) is 3.51. The summed E-state index contributed by atoms with van der Waals surface area (Å²) in [5.74, 6) is -4.22. The number of piperazine rings is 1. The van der Waals surface area contributed by atoms with Gasteiger partial charge in [-0.05, 0) is 37.1 Å². The van der Waals surface area contributed by atoms with Crippen LogP contribution in [0.25, 0.3) is 10.9 Å². The Hall–Kier alpha value is -3.38. The quantitative estimate of drug-likeness (QED) is 0.288. The van der Waals surface area contributed by atoms with E-state index in [4.69, 9.17) is 11.6 Å². The number of fused-ring (bicyclic) bond motifs is 1. The van der Waals surface area contributed by atoms with E-state index < -0.39 is 33.1 Å². The molecule has 0 unspecified atom stereocenters. The monoisotopic (exact) mass is 579 g/mol. The van der Waals surface area contributed by atoms with E-state index in [2.05, 4.69) is 10.1 Å². The third kappa shape index (κ3) is 4.29. The van der Waals surface area contributed by atoms with Crippen molar-refractivity contribution in [3.63, 3.8) is 0 Å². The van der Waals surface area contributed by atoms with E-state index in [1.807, 2.05) is 4.90 Å². The van der Waals surface area contributed by atoms with Crippen LogP contribution in [-0.2, 0) is 15.9 Å². The van der Waals surface area contributed by atoms with Gasteiger partial charge in [-0.2, -0.15) is 12.5 Å². The van der Waals surface area contributed by atoms with Crippen molar-refractivity contribution in [1.29, 1.82) is 0 Å². The summed E-state index contributed by atoms with van der Waals surface area (Å²) >= 11 is 6.57. The summed E-state index contributed by atoms with van der Waals surface area (Å²) in [5.41, 5.74) is -0.535. The first kappa shape index (κ1) is 25.9. The highest BCUT2D eigenvalue weighted by molar-refractivity contribution is 7.90. The molecule has 204 valence electrons. The smallest absolute Gasteiger partial charge is 0.283 e. The molecule has 2 aliphatic rings. The largest absolute Gasteiger partial charge is 0.350 e. The van der Waals surface area contributed by atoms with Crippen molar-refractivity contribution in [3.8, 4) is 0 Å². The predicted octanol–water partition coefficient (Wildman–Crippen LogP) is 5.57. The van der Waals surface area contributed by atoms with Crippen LogP contribution in [0, 0.1) is 11.6 Å². The molecule has 0 atom stereocenters. The molecule has 1 saturated carbocycles. The van der Waals surface area contributed by atoms with Crippen LogP contribution in [0.3, 0.4) is 0 Å². The third-order valence-corrected chi connectivity index (χ3v) is 9.23. The van der Waals surface area contributed by atoms with Gasteiger partial charge in [0.2, 0.25) is 0 Å². The first-order chi connectivity index (χ1) is 18.4. The highest BCUT2D eigenvalue weighted by Crippen LogP contribution is 2.49. The number of alkyl halides is 2. The van der Waals surface area contributed by atoms with Gasteiger partial charge >= 0.3 is 0 Å². The summed E-state index contributed by atoms with van der Waals surface area (Å²) in [6, 6.07) is 10.0. The van der Waals surface area contributed by atoms with Crippen molar-refractivity contribution in [1.82, 2.24) is 14.2 Å². The molecule has 2 fully saturated rings. The van der Waals surface area contributed by atoms with E-state index in [0.717, 1.165) is 60.4 Å². The molecule has 4 aromatic rings. The van der Waals surface area contributed by atoms with E-state index in [1.165, 1.54) is 0 Å². The Morgan fingerprint density at radius 1 is 1.03 bits per heavy atom. The fraction of sp³-hybridized carbons (Fsp3) is 0.308. The SMILES string of the molecule is CC(F)(F)c1ccc(S(=O)(=O)n2nc(N3CCN(c4ncc(F)cc4F)CC34CC4)c3c(Cl)cccc32)cc1. The molecule has 1 spiro atoms. The molecule has 6 rings (SSSR count). The Morgan fingerprint density at radius 3 is 2.38 bits per heavy atom. The van der Waals surface area contributed by atoms with Crippen LogP contribution >= 0.6 is 11.6 Å². The van der Waals surface area contributed by atoms with Crippen LogP contribution in [-0.4, -0.2) is 47.8 Å². The summed E-state index contributed by atoms with van der Waals surface area (Å²) in [5, 5.41) is 5.26. The number of halogens is 5. The molecule has 1 aliphatic carbocycles. The van der Waals surface area contributed by atoms with Gasteiger partial charge in [0.05, 0.1) is 32.6 Å². The van der Waals surface area contributed by atoms with Gasteiger partial charge < -0.3 is 9.80 Å². The van der Waals surface area contributed by atoms with Crippen LogP contribution < -0.4 is 9.80 Å². The first-order valence-corrected chi connectivity index (χ1v) is 14.0. The fourth-order valence-corrected chi connectivity index (χ4v) is 6.71. The number of aromatic nitrogens is 3. The molecule has 39 heavy (non-hydrogen) atoms. The standard InChI is InChI=1S/C26H22ClF4N5O2S/c1-25(30,31)16-5-7-18(8-6-16)39(37,38)36-21-4-2-3-19(27)22(21)24(33-36)35-12-11-34(15-26(35)9-10-26)23-20(29)13-17(28)14-32-23/h2-8,13-14H,9-12,15H2,1H3. The van der Waals surface area contributed by atoms with E-state index >= 15 is 0 Å². The van der Waals surface area contributed by atoms with Gasteiger partial charge in [0.15, 0.2) is 17.5 Å². The molecule has 3 heterocycles. The number of hydrogen-bond donors (Lipinski definition) is 0. The highest BCUT2D eigenvalue weighted by atomic mass is 35.5. The summed E-state index contributed by atoms with van der Waals surface area (Å²) in [4.78, 5) is 7.48. The Balaban J connectivity index is 1.40. The van der Waals surface area contributed by atoms with Gasteiger partial charge in [0, 0.05) is 38.2 Å². The highest BCUT2D eigenvalue weighted by Gasteiger charge is 2.53. The minimum Gasteiger partial charge on any atom is -0.350 e. The molecule has 7 nitrogen and oxygen atoms in total. The zero-order valence-corrected chi connectivity index (χ0v) is 22.2. The molecule has 0 radical (unpaired) electrons. The zero-order chi connectivity index (χ0) is 27.7. The molecule has 0 bridgehead atoms. The van der Waals surface area contributed by atoms with E-state index in [0.29, 0.717) is 35.9 Å². The average molecular weight is 580 g/mol. The Kier molecular flexibility index (Phi) is 5.85. The van der Waals surface area contributed by atoms with Crippen molar-refractivity contribution >= 4 is 44.2 Å². The number of nitrogens with zero attached hydrogens (tertiary/aromatic N) is 5. The first-order valence-electron chi connectivity index (χ1n) is 12.2. The third-order valence-electron chi connectivity index (χ3n) is 7.32. The van der Waals surface area contributed by atoms with E-state index in [1.54, 1.807) is 23.1 Å². The lowest BCUT2D eigenvalue weighted by Crippen LogP contribution is -2.56. The molecule has 2 aromatic carbocycles. The maximum atomic E-state index is 14.5. The maximum Gasteiger partial charge on any atom is 0.283 e. The van der Waals surface area contributed by atoms with Crippen molar-refractivity contribution < 1.29 is 26.0 Å². The van der Waals surface area contributed by atoms with Crippen LogP contribution in [0.2, 0.25) is 5.02 Å². The normalized spacial score (nSPS) is 17.3. The van der Waals surface area contributed by atoms with Crippen LogP contribution in [0.4, 0.5) is 29.2 Å². The number of pyridine rings is 1. The van der Waals surface area contributed by atoms with Gasteiger partial charge in [0.25, 0.3) is 15.9 Å². The van der Waals surface area contributed by atoms with Gasteiger partial charge in [-0.1, -0.05) is 29.8 Å². The van der Waals surface area contributed by atoms with Crippen molar-refractivity contribution in [3.05, 3.63) is 76.9 Å². The minimum atomic E-state index is -4.27. The molecular formula is C26H22ClF4N5O2S. The summed E-state index contributed by atoms with van der Waals surface area (Å²) in [7, 11) is -4.27. The topological polar surface area (TPSA) is 71.3 Å². The van der Waals surface area contributed by atoms with Crippen molar-refractivity contribution in [2.75, 3.05) is 29.4 Å². The summed E-state index contributed by atoms with van der Waals surface area (Å²) in [6.45, 7) is 1.80. The minimum absolute atomic E-state index is 0.0550. The number of rotatable bonds is 5. The van der Waals surface area contributed by atoms with Gasteiger partial charge in [-0.25, -0.2) is 22.5 Å². The second-order valence-corrected chi connectivity index (χ2v) is 12.1. The number of hydrogen-bond acceptors (Lipinski definition) is 6. The van der Waals surface area contributed by atoms with Gasteiger partial charge in [0.1, 0.15) is 5.82 Å². The molecule has 1 saturated heterocycles. The molecule has 0 N–H and O–H groups in total. The van der Waals surface area contributed by atoms with Gasteiger partial charge in [-0.3, -0.25) is 0 Å². The fourth-order valence-electron chi connectivity index (χ4n) is 5.18. The van der Waals surface area contributed by atoms with Crippen molar-refractivity contribution in [2.45, 2.75) is 36.1 Å². The molecule has 0 amide bonds. The van der Waals surface area contributed by atoms with Crippen LogP contribution in [0.1, 0.15) is 25.3 Å². The predicted molar refractivity (Wildman–Crippen MR) is 139 cm³/mol. The Bertz CT molecular complexity index is 1700. The van der Waals surface area contributed by atoms with Crippen LogP contribution in [0.5, 0.6) is 0 Å². The Morgan fingerprint density at radius 2 is 1.74 bits per heavy atom. The molecule has 13 heteroatoms. The summed E-state index contributed by atoms with van der Waals surface area (Å²) < 4.78 is 83.5. The van der Waals surface area contributed by atoms with Crippen molar-refractivity contribution in [2.24, 2.45) is 0 Å². The second kappa shape index (κ2) is 8.82. The number of anilines is 2. The lowest BCUT2D eigenvalue weighted by molar-refractivity contribution is 0.0174. The molecular weight excluding hydrogens is 558 g/mol. The lowest BCUT2D eigenvalue weighted by Gasteiger charge is -2.43.